The van der Waals surface area contributed by atoms with Gasteiger partial charge in [0.15, 0.2) is 0 Å². The summed E-state index contributed by atoms with van der Waals surface area (Å²) in [5, 5.41) is 3.16. The Hall–Kier alpha value is -2.22. The van der Waals surface area contributed by atoms with Crippen LogP contribution >= 0.6 is 0 Å². The molecule has 0 spiro atoms. The van der Waals surface area contributed by atoms with Gasteiger partial charge in [0.25, 0.3) is 0 Å². The van der Waals surface area contributed by atoms with E-state index in [4.69, 9.17) is 0 Å². The molecule has 1 atom stereocenters. The quantitative estimate of drug-likeness (QED) is 0.734. The van der Waals surface area contributed by atoms with Gasteiger partial charge in [-0.2, -0.15) is 13.2 Å². The van der Waals surface area contributed by atoms with Crippen LogP contribution in [0.5, 0.6) is 0 Å². The zero-order valence-corrected chi connectivity index (χ0v) is 16.0. The van der Waals surface area contributed by atoms with Gasteiger partial charge in [0.05, 0.1) is 5.56 Å². The highest BCUT2D eigenvalue weighted by Crippen LogP contribution is 2.34. The van der Waals surface area contributed by atoms with E-state index >= 15 is 0 Å². The number of nitrogens with one attached hydrogen (secondary N) is 1. The van der Waals surface area contributed by atoms with E-state index in [2.05, 4.69) is 11.9 Å². The molecular weight excluding hydrogens is 357 g/mol. The zero-order valence-electron chi connectivity index (χ0n) is 16.0. The van der Waals surface area contributed by atoms with Crippen LogP contribution in [0, 0.1) is 0 Å². The molecule has 1 fully saturated rings. The summed E-state index contributed by atoms with van der Waals surface area (Å²) in [5.41, 5.74) is 0.233. The summed E-state index contributed by atoms with van der Waals surface area (Å²) in [7, 11) is 5.62. The summed E-state index contributed by atoms with van der Waals surface area (Å²) in [5.74, 6) is -0.160. The Morgan fingerprint density at radius 1 is 1.30 bits per heavy atom. The molecule has 1 N–H and O–H groups in total. The molecule has 2 rings (SSSR count). The first-order valence-corrected chi connectivity index (χ1v) is 8.86. The number of anilines is 2. The van der Waals surface area contributed by atoms with E-state index in [-0.39, 0.29) is 11.9 Å². The third kappa shape index (κ3) is 5.89. The fourth-order valence-electron chi connectivity index (χ4n) is 3.00. The van der Waals surface area contributed by atoms with Crippen LogP contribution in [0.3, 0.4) is 0 Å². The molecule has 150 valence electrons. The molecule has 1 aromatic rings. The number of likely N-dealkylation sites (tertiary alicyclic amines) is 1. The Balaban J connectivity index is 2.18. The van der Waals surface area contributed by atoms with Crippen molar-refractivity contribution in [2.45, 2.75) is 18.6 Å². The van der Waals surface area contributed by atoms with Crippen LogP contribution in [0.25, 0.3) is 0 Å². The number of halogens is 3. The smallest absolute Gasteiger partial charge is 0.380 e. The summed E-state index contributed by atoms with van der Waals surface area (Å²) < 4.78 is 40.0. The molecule has 5 nitrogen and oxygen atoms in total. The van der Waals surface area contributed by atoms with Crippen molar-refractivity contribution in [1.29, 1.82) is 0 Å². The Morgan fingerprint density at radius 3 is 2.59 bits per heavy atom. The van der Waals surface area contributed by atoms with Crippen molar-refractivity contribution in [3.63, 3.8) is 0 Å². The van der Waals surface area contributed by atoms with Crippen molar-refractivity contribution < 1.29 is 18.0 Å². The maximum Gasteiger partial charge on any atom is 0.416 e. The summed E-state index contributed by atoms with van der Waals surface area (Å²) >= 11 is 0. The second-order valence-corrected chi connectivity index (χ2v) is 7.11. The predicted octanol–water partition coefficient (Wildman–Crippen LogP) is 2.90. The standard InChI is InChI=1S/C19H27F3N4O/c1-5-18(27)26-7-6-15(13-26)23-16-10-14(19(20,21)22)11-17(12-16)25(4)9-8-24(2)3/h5,10-12,15,23H,1,6-9,13H2,2-4H3. The molecule has 1 saturated heterocycles. The first-order valence-electron chi connectivity index (χ1n) is 8.86. The van der Waals surface area contributed by atoms with Gasteiger partial charge in [-0.1, -0.05) is 6.58 Å². The molecule has 0 bridgehead atoms. The van der Waals surface area contributed by atoms with Crippen LogP contribution in [-0.4, -0.2) is 69.1 Å². The lowest BCUT2D eigenvalue weighted by Crippen LogP contribution is -2.30. The van der Waals surface area contributed by atoms with Crippen LogP contribution in [-0.2, 0) is 11.0 Å². The van der Waals surface area contributed by atoms with Gasteiger partial charge < -0.3 is 20.0 Å². The monoisotopic (exact) mass is 384 g/mol. The Labute approximate surface area is 158 Å². The first kappa shape index (κ1) is 21.1. The van der Waals surface area contributed by atoms with Crippen molar-refractivity contribution in [2.24, 2.45) is 0 Å². The Bertz CT molecular complexity index is 675. The maximum absolute atomic E-state index is 13.3. The van der Waals surface area contributed by atoms with Crippen molar-refractivity contribution in [3.05, 3.63) is 36.4 Å². The average molecular weight is 384 g/mol. The molecule has 1 aliphatic rings. The highest BCUT2D eigenvalue weighted by Gasteiger charge is 2.32. The number of hydrogen-bond acceptors (Lipinski definition) is 4. The molecule has 0 radical (unpaired) electrons. The fraction of sp³-hybridized carbons (Fsp3) is 0.526. The van der Waals surface area contributed by atoms with Gasteiger partial charge in [-0.05, 0) is 44.8 Å². The third-order valence-electron chi connectivity index (χ3n) is 4.61. The maximum atomic E-state index is 13.3. The molecule has 27 heavy (non-hydrogen) atoms. The third-order valence-corrected chi connectivity index (χ3v) is 4.61. The topological polar surface area (TPSA) is 38.8 Å². The van der Waals surface area contributed by atoms with E-state index in [1.807, 2.05) is 23.9 Å². The Kier molecular flexibility index (Phi) is 6.75. The van der Waals surface area contributed by atoms with Gasteiger partial charge >= 0.3 is 6.18 Å². The summed E-state index contributed by atoms with van der Waals surface area (Å²) in [6.45, 7) is 5.83. The van der Waals surface area contributed by atoms with Gasteiger partial charge in [0.1, 0.15) is 0 Å². The van der Waals surface area contributed by atoms with E-state index in [1.165, 1.54) is 12.1 Å². The number of rotatable bonds is 7. The zero-order chi connectivity index (χ0) is 20.2. The number of carbonyl (C=O) groups excluding carboxylic acids is 1. The van der Waals surface area contributed by atoms with Gasteiger partial charge in [-0.15, -0.1) is 0 Å². The average Bonchev–Trinajstić information content (AvgIpc) is 3.06. The summed E-state index contributed by atoms with van der Waals surface area (Å²) in [6, 6.07) is 3.94. The minimum atomic E-state index is -4.42. The van der Waals surface area contributed by atoms with Gasteiger partial charge in [0.2, 0.25) is 5.91 Å². The van der Waals surface area contributed by atoms with Crippen LogP contribution < -0.4 is 10.2 Å². The second-order valence-electron chi connectivity index (χ2n) is 7.11. The molecule has 0 aromatic heterocycles. The molecule has 1 aromatic carbocycles. The molecule has 8 heteroatoms. The number of amides is 1. The van der Waals surface area contributed by atoms with E-state index in [0.29, 0.717) is 37.4 Å². The van der Waals surface area contributed by atoms with Crippen LogP contribution in [0.2, 0.25) is 0 Å². The molecule has 1 heterocycles. The predicted molar refractivity (Wildman–Crippen MR) is 102 cm³/mol. The largest absolute Gasteiger partial charge is 0.416 e. The van der Waals surface area contributed by atoms with Crippen molar-refractivity contribution >= 4 is 17.3 Å². The SMILES string of the molecule is C=CC(=O)N1CCC(Nc2cc(N(C)CCN(C)C)cc(C(F)(F)F)c2)C1. The highest BCUT2D eigenvalue weighted by molar-refractivity contribution is 5.87. The fourth-order valence-corrected chi connectivity index (χ4v) is 3.00. The number of carbonyl (C=O) groups is 1. The molecule has 1 unspecified atom stereocenters. The molecule has 1 amide bonds. The molecular formula is C19H27F3N4O. The van der Waals surface area contributed by atoms with Gasteiger partial charge in [-0.3, -0.25) is 4.79 Å². The van der Waals surface area contributed by atoms with Crippen molar-refractivity contribution in [3.8, 4) is 0 Å². The van der Waals surface area contributed by atoms with E-state index < -0.39 is 11.7 Å². The first-order chi connectivity index (χ1) is 12.6. The number of nitrogens with zero attached hydrogens (tertiary/aromatic N) is 3. The summed E-state index contributed by atoms with van der Waals surface area (Å²) in [6.07, 6.45) is -2.48. The molecule has 0 saturated carbocycles. The lowest BCUT2D eigenvalue weighted by molar-refractivity contribution is -0.137. The lowest BCUT2D eigenvalue weighted by atomic mass is 10.1. The number of alkyl halides is 3. The number of benzene rings is 1. The summed E-state index contributed by atoms with van der Waals surface area (Å²) in [4.78, 5) is 17.1. The lowest BCUT2D eigenvalue weighted by Gasteiger charge is -2.24. The van der Waals surface area contributed by atoms with Crippen LogP contribution in [0.1, 0.15) is 12.0 Å². The number of likely N-dealkylation sites (N-methyl/N-ethyl adjacent to an activating group) is 2. The van der Waals surface area contributed by atoms with E-state index in [0.717, 1.165) is 12.6 Å². The van der Waals surface area contributed by atoms with Crippen molar-refractivity contribution in [1.82, 2.24) is 9.80 Å². The van der Waals surface area contributed by atoms with Crippen molar-refractivity contribution in [2.75, 3.05) is 57.5 Å². The van der Waals surface area contributed by atoms with E-state index in [1.54, 1.807) is 18.0 Å². The van der Waals surface area contributed by atoms with Gasteiger partial charge in [0, 0.05) is 50.6 Å². The van der Waals surface area contributed by atoms with Crippen LogP contribution in [0.15, 0.2) is 30.9 Å². The second kappa shape index (κ2) is 8.65. The Morgan fingerprint density at radius 2 is 2.00 bits per heavy atom. The minimum Gasteiger partial charge on any atom is -0.380 e. The number of hydrogen-bond donors (Lipinski definition) is 1. The van der Waals surface area contributed by atoms with Gasteiger partial charge in [-0.25, -0.2) is 0 Å². The van der Waals surface area contributed by atoms with Crippen LogP contribution in [0.4, 0.5) is 24.5 Å². The van der Waals surface area contributed by atoms with E-state index in [9.17, 15) is 18.0 Å². The normalized spacial score (nSPS) is 17.3. The molecule has 1 aliphatic heterocycles. The minimum absolute atomic E-state index is 0.0858. The molecule has 0 aliphatic carbocycles. The highest BCUT2D eigenvalue weighted by atomic mass is 19.4.